The lowest BCUT2D eigenvalue weighted by Gasteiger charge is -2.07. The molecular formula is C12H13NO2. The van der Waals surface area contributed by atoms with E-state index in [2.05, 4.69) is 18.7 Å². The van der Waals surface area contributed by atoms with Crippen LogP contribution in [-0.2, 0) is 6.42 Å². The summed E-state index contributed by atoms with van der Waals surface area (Å²) < 4.78 is 0. The molecule has 0 heterocycles. The fourth-order valence-electron chi connectivity index (χ4n) is 1.41. The fourth-order valence-corrected chi connectivity index (χ4v) is 1.41. The van der Waals surface area contributed by atoms with Gasteiger partial charge in [-0.3, -0.25) is 0 Å². The van der Waals surface area contributed by atoms with Crippen molar-refractivity contribution in [1.82, 2.24) is 0 Å². The third kappa shape index (κ3) is 2.81. The molecule has 0 aliphatic heterocycles. The zero-order chi connectivity index (χ0) is 11.4. The number of aromatic carboxylic acids is 1. The van der Waals surface area contributed by atoms with Crippen LogP contribution in [0.5, 0.6) is 0 Å². The van der Waals surface area contributed by atoms with Crippen molar-refractivity contribution in [3.63, 3.8) is 0 Å². The summed E-state index contributed by atoms with van der Waals surface area (Å²) in [4.78, 5) is 14.1. The minimum Gasteiger partial charge on any atom is -0.478 e. The molecule has 0 amide bonds. The van der Waals surface area contributed by atoms with Gasteiger partial charge in [-0.25, -0.2) is 9.64 Å². The van der Waals surface area contributed by atoms with Crippen LogP contribution < -0.4 is 0 Å². The number of hydrogen-bond acceptors (Lipinski definition) is 1. The Morgan fingerprint density at radius 1 is 1.53 bits per heavy atom. The van der Waals surface area contributed by atoms with Gasteiger partial charge in [0.1, 0.15) is 0 Å². The van der Waals surface area contributed by atoms with Gasteiger partial charge in [0.2, 0.25) is 0 Å². The number of hydrogen-bond donors (Lipinski definition) is 1. The lowest BCUT2D eigenvalue weighted by atomic mass is 10.00. The summed E-state index contributed by atoms with van der Waals surface area (Å²) in [6.07, 6.45) is 0.803. The van der Waals surface area contributed by atoms with Gasteiger partial charge < -0.3 is 5.11 Å². The third-order valence-electron chi connectivity index (χ3n) is 2.08. The maximum absolute atomic E-state index is 10.7. The van der Waals surface area contributed by atoms with E-state index in [1.54, 1.807) is 12.1 Å². The van der Waals surface area contributed by atoms with Gasteiger partial charge in [-0.2, -0.15) is 0 Å². The average Bonchev–Trinajstić information content (AvgIpc) is 2.17. The van der Waals surface area contributed by atoms with Gasteiger partial charge in [0.25, 0.3) is 0 Å². The van der Waals surface area contributed by atoms with E-state index < -0.39 is 5.97 Å². The molecule has 1 aromatic carbocycles. The molecule has 0 bridgehead atoms. The topological polar surface area (TPSA) is 41.7 Å². The molecule has 0 aromatic heterocycles. The van der Waals surface area contributed by atoms with E-state index in [9.17, 15) is 4.79 Å². The molecule has 0 radical (unpaired) electrons. The Morgan fingerprint density at radius 3 is 2.67 bits per heavy atom. The second-order valence-corrected chi connectivity index (χ2v) is 3.86. The van der Waals surface area contributed by atoms with E-state index in [0.29, 0.717) is 11.6 Å². The number of carboxylic acids is 1. The van der Waals surface area contributed by atoms with Crippen LogP contribution in [0, 0.1) is 12.5 Å². The predicted molar refractivity (Wildman–Crippen MR) is 58.2 cm³/mol. The van der Waals surface area contributed by atoms with Gasteiger partial charge in [0, 0.05) is 5.56 Å². The minimum absolute atomic E-state index is 0.175. The highest BCUT2D eigenvalue weighted by Crippen LogP contribution is 2.23. The quantitative estimate of drug-likeness (QED) is 0.767. The van der Waals surface area contributed by atoms with E-state index in [1.807, 2.05) is 0 Å². The van der Waals surface area contributed by atoms with Gasteiger partial charge >= 0.3 is 5.97 Å². The molecule has 0 aliphatic carbocycles. The van der Waals surface area contributed by atoms with Crippen LogP contribution in [0.1, 0.15) is 29.8 Å². The molecule has 1 N–H and O–H groups in total. The molecule has 0 fully saturated rings. The Kier molecular flexibility index (Phi) is 3.46. The summed E-state index contributed by atoms with van der Waals surface area (Å²) in [6.45, 7) is 11.1. The molecule has 15 heavy (non-hydrogen) atoms. The third-order valence-corrected chi connectivity index (χ3v) is 2.08. The number of rotatable bonds is 3. The van der Waals surface area contributed by atoms with Crippen molar-refractivity contribution in [2.45, 2.75) is 20.3 Å². The average molecular weight is 203 g/mol. The van der Waals surface area contributed by atoms with Crippen molar-refractivity contribution in [1.29, 1.82) is 0 Å². The van der Waals surface area contributed by atoms with E-state index >= 15 is 0 Å². The SMILES string of the molecule is [C-]#[N+]c1cc(C(=O)O)ccc1CC(C)C. The van der Waals surface area contributed by atoms with Gasteiger partial charge in [-0.15, -0.1) is 0 Å². The summed E-state index contributed by atoms with van der Waals surface area (Å²) in [5.41, 5.74) is 1.54. The highest BCUT2D eigenvalue weighted by molar-refractivity contribution is 5.89. The van der Waals surface area contributed by atoms with Gasteiger partial charge in [0.15, 0.2) is 5.69 Å². The molecule has 0 saturated heterocycles. The van der Waals surface area contributed by atoms with Gasteiger partial charge in [-0.05, 0) is 30.0 Å². The molecule has 3 nitrogen and oxygen atoms in total. The van der Waals surface area contributed by atoms with E-state index in [1.165, 1.54) is 6.07 Å². The van der Waals surface area contributed by atoms with Gasteiger partial charge in [-0.1, -0.05) is 19.9 Å². The first-order chi connectivity index (χ1) is 7.04. The van der Waals surface area contributed by atoms with Crippen LogP contribution in [0.25, 0.3) is 4.85 Å². The largest absolute Gasteiger partial charge is 0.478 e. The van der Waals surface area contributed by atoms with E-state index in [4.69, 9.17) is 11.7 Å². The summed E-state index contributed by atoms with van der Waals surface area (Å²) in [6, 6.07) is 4.72. The Hall–Kier alpha value is -1.82. The predicted octanol–water partition coefficient (Wildman–Crippen LogP) is 3.13. The lowest BCUT2D eigenvalue weighted by Crippen LogP contribution is -1.98. The second kappa shape index (κ2) is 4.61. The molecule has 1 rings (SSSR count). The number of carboxylic acid groups (broad SMARTS) is 1. The molecule has 0 aliphatic rings. The summed E-state index contributed by atoms with van der Waals surface area (Å²) >= 11 is 0. The van der Waals surface area contributed by atoms with Crippen molar-refractivity contribution in [3.05, 3.63) is 40.7 Å². The van der Waals surface area contributed by atoms with Crippen molar-refractivity contribution >= 4 is 11.7 Å². The molecule has 1 aromatic rings. The van der Waals surface area contributed by atoms with Crippen LogP contribution in [0.15, 0.2) is 18.2 Å². The van der Waals surface area contributed by atoms with Gasteiger partial charge in [0.05, 0.1) is 6.57 Å². The smallest absolute Gasteiger partial charge is 0.334 e. The Balaban J connectivity index is 3.11. The molecule has 78 valence electrons. The van der Waals surface area contributed by atoms with Crippen molar-refractivity contribution in [2.75, 3.05) is 0 Å². The number of carbonyl (C=O) groups is 1. The molecule has 0 atom stereocenters. The summed E-state index contributed by atoms with van der Waals surface area (Å²) in [7, 11) is 0. The number of nitrogens with zero attached hydrogens (tertiary/aromatic N) is 1. The lowest BCUT2D eigenvalue weighted by molar-refractivity contribution is 0.0697. The van der Waals surface area contributed by atoms with E-state index in [0.717, 1.165) is 12.0 Å². The molecule has 0 spiro atoms. The Morgan fingerprint density at radius 2 is 2.20 bits per heavy atom. The van der Waals surface area contributed by atoms with Crippen LogP contribution >= 0.6 is 0 Å². The van der Waals surface area contributed by atoms with Crippen LogP contribution in [0.3, 0.4) is 0 Å². The first kappa shape index (κ1) is 11.3. The second-order valence-electron chi connectivity index (χ2n) is 3.86. The standard InChI is InChI=1S/C12H13NO2/c1-8(2)6-9-4-5-10(12(14)15)7-11(9)13-3/h4-5,7-8H,6H2,1-2H3,(H,14,15). The highest BCUT2D eigenvalue weighted by atomic mass is 16.4. The van der Waals surface area contributed by atoms with Crippen molar-refractivity contribution in [3.8, 4) is 0 Å². The monoisotopic (exact) mass is 203 g/mol. The number of benzene rings is 1. The van der Waals surface area contributed by atoms with Crippen LogP contribution in [-0.4, -0.2) is 11.1 Å². The fraction of sp³-hybridized carbons (Fsp3) is 0.333. The van der Waals surface area contributed by atoms with Crippen LogP contribution in [0.2, 0.25) is 0 Å². The van der Waals surface area contributed by atoms with Crippen LogP contribution in [0.4, 0.5) is 5.69 Å². The first-order valence-corrected chi connectivity index (χ1v) is 4.78. The maximum Gasteiger partial charge on any atom is 0.334 e. The summed E-state index contributed by atoms with van der Waals surface area (Å²) in [5.74, 6) is -0.530. The molecular weight excluding hydrogens is 190 g/mol. The van der Waals surface area contributed by atoms with Crippen molar-refractivity contribution < 1.29 is 9.90 Å². The molecule has 0 unspecified atom stereocenters. The Bertz CT molecular complexity index is 416. The van der Waals surface area contributed by atoms with E-state index in [-0.39, 0.29) is 5.56 Å². The summed E-state index contributed by atoms with van der Waals surface area (Å²) in [5, 5.41) is 8.77. The van der Waals surface area contributed by atoms with Crippen molar-refractivity contribution in [2.24, 2.45) is 5.92 Å². The maximum atomic E-state index is 10.7. The Labute approximate surface area is 89.2 Å². The molecule has 0 saturated carbocycles. The normalized spacial score (nSPS) is 10.0. The highest BCUT2D eigenvalue weighted by Gasteiger charge is 2.09. The minimum atomic E-state index is -0.990. The first-order valence-electron chi connectivity index (χ1n) is 4.78. The zero-order valence-electron chi connectivity index (χ0n) is 8.82. The zero-order valence-corrected chi connectivity index (χ0v) is 8.82. The molecule has 3 heteroatoms.